The van der Waals surface area contributed by atoms with Gasteiger partial charge < -0.3 is 11.5 Å². The molecule has 0 saturated heterocycles. The van der Waals surface area contributed by atoms with Crippen molar-refractivity contribution in [2.45, 2.75) is 25.3 Å². The van der Waals surface area contributed by atoms with E-state index in [9.17, 15) is 22.4 Å². The summed E-state index contributed by atoms with van der Waals surface area (Å²) in [4.78, 5) is 16.3. The fourth-order valence-corrected chi connectivity index (χ4v) is 2.65. The molecule has 24 heavy (non-hydrogen) atoms. The van der Waals surface area contributed by atoms with Crippen LogP contribution >= 0.6 is 0 Å². The summed E-state index contributed by atoms with van der Waals surface area (Å²) in [5.41, 5.74) is 11.0. The topological polar surface area (TPSA) is 91.3 Å². The molecule has 1 aromatic carbocycles. The van der Waals surface area contributed by atoms with Gasteiger partial charge in [-0.3, -0.25) is 14.1 Å². The van der Waals surface area contributed by atoms with E-state index in [-0.39, 0.29) is 23.6 Å². The Balaban J connectivity index is 2.02. The highest BCUT2D eigenvalue weighted by Crippen LogP contribution is 2.28. The summed E-state index contributed by atoms with van der Waals surface area (Å²) in [6, 6.07) is 3.04. The van der Waals surface area contributed by atoms with E-state index in [1.807, 2.05) is 0 Å². The van der Waals surface area contributed by atoms with Gasteiger partial charge in [-0.25, -0.2) is 9.18 Å². The Labute approximate surface area is 133 Å². The van der Waals surface area contributed by atoms with Crippen molar-refractivity contribution in [2.24, 2.45) is 10.7 Å². The van der Waals surface area contributed by atoms with E-state index in [1.165, 1.54) is 12.1 Å². The number of anilines is 1. The van der Waals surface area contributed by atoms with Crippen molar-refractivity contribution < 1.29 is 17.6 Å². The molecule has 0 fully saturated rings. The highest BCUT2D eigenvalue weighted by atomic mass is 19.4. The normalized spacial score (nSPS) is 17.5. The molecule has 1 aliphatic heterocycles. The number of rotatable bonds is 2. The van der Waals surface area contributed by atoms with Gasteiger partial charge >= 0.3 is 11.9 Å². The fraction of sp³-hybridized carbons (Fsp3) is 0.286. The number of fused-ring (bicyclic) bond motifs is 1. The third-order valence-electron chi connectivity index (χ3n) is 3.69. The molecule has 0 aliphatic carbocycles. The predicted octanol–water partition coefficient (Wildman–Crippen LogP) is 1.39. The Kier molecular flexibility index (Phi) is 3.61. The molecule has 0 spiro atoms. The lowest BCUT2D eigenvalue weighted by atomic mass is 10.0. The molecule has 4 N–H and O–H groups in total. The lowest BCUT2D eigenvalue weighted by molar-refractivity contribution is -0.141. The number of benzene rings is 1. The van der Waals surface area contributed by atoms with E-state index in [4.69, 9.17) is 11.5 Å². The van der Waals surface area contributed by atoms with Crippen LogP contribution in [-0.2, 0) is 13.1 Å². The van der Waals surface area contributed by atoms with Gasteiger partial charge in [-0.15, -0.1) is 0 Å². The first-order chi connectivity index (χ1) is 11.2. The van der Waals surface area contributed by atoms with Gasteiger partial charge in [-0.2, -0.15) is 13.2 Å². The molecular weight excluding hydrogens is 330 g/mol. The van der Waals surface area contributed by atoms with Crippen molar-refractivity contribution in [2.75, 3.05) is 5.73 Å². The molecule has 0 amide bonds. The molecule has 3 rings (SSSR count). The van der Waals surface area contributed by atoms with Crippen molar-refractivity contribution >= 4 is 11.5 Å². The van der Waals surface area contributed by atoms with Crippen LogP contribution in [0.25, 0.3) is 0 Å². The van der Waals surface area contributed by atoms with Gasteiger partial charge in [-0.05, 0) is 18.2 Å². The van der Waals surface area contributed by atoms with Crippen LogP contribution in [0.1, 0.15) is 17.3 Å². The molecule has 2 aromatic rings. The SMILES string of the molecule is NC1=NC(c2cc(N)ccc2F)Cn2c1cn(CC(F)(F)F)c2=O. The Hall–Kier alpha value is -2.78. The molecule has 2 heterocycles. The van der Waals surface area contributed by atoms with Crippen LogP contribution in [0.2, 0.25) is 0 Å². The second-order valence-electron chi connectivity index (χ2n) is 5.46. The number of nitrogens with two attached hydrogens (primary N) is 2. The summed E-state index contributed by atoms with van der Waals surface area (Å²) in [5.74, 6) is -0.719. The van der Waals surface area contributed by atoms with Gasteiger partial charge in [-0.1, -0.05) is 0 Å². The van der Waals surface area contributed by atoms with E-state index in [0.29, 0.717) is 10.3 Å². The molecule has 128 valence electrons. The zero-order valence-electron chi connectivity index (χ0n) is 12.2. The highest BCUT2D eigenvalue weighted by molar-refractivity contribution is 5.96. The molecule has 6 nitrogen and oxygen atoms in total. The molecule has 1 aromatic heterocycles. The molecule has 1 atom stereocenters. The zero-order chi connectivity index (χ0) is 17.6. The van der Waals surface area contributed by atoms with Crippen LogP contribution < -0.4 is 17.2 Å². The number of imidazole rings is 1. The molecule has 0 saturated carbocycles. The maximum atomic E-state index is 14.0. The van der Waals surface area contributed by atoms with Gasteiger partial charge in [0.05, 0.1) is 12.6 Å². The second-order valence-corrected chi connectivity index (χ2v) is 5.46. The monoisotopic (exact) mass is 343 g/mol. The first kappa shape index (κ1) is 16.1. The number of alkyl halides is 3. The summed E-state index contributed by atoms with van der Waals surface area (Å²) in [6.07, 6.45) is -3.55. The average Bonchev–Trinajstić information content (AvgIpc) is 2.77. The van der Waals surface area contributed by atoms with Crippen molar-refractivity contribution in [3.8, 4) is 0 Å². The van der Waals surface area contributed by atoms with Gasteiger partial charge in [0.15, 0.2) is 0 Å². The van der Waals surface area contributed by atoms with E-state index < -0.39 is 30.3 Å². The van der Waals surface area contributed by atoms with Crippen LogP contribution in [-0.4, -0.2) is 21.1 Å². The van der Waals surface area contributed by atoms with E-state index in [0.717, 1.165) is 16.8 Å². The highest BCUT2D eigenvalue weighted by Gasteiger charge is 2.32. The molecule has 1 aliphatic rings. The molecule has 0 bridgehead atoms. The predicted molar refractivity (Wildman–Crippen MR) is 79.0 cm³/mol. The second kappa shape index (κ2) is 5.39. The summed E-state index contributed by atoms with van der Waals surface area (Å²) in [6.45, 7) is -1.56. The molecule has 1 unspecified atom stereocenters. The first-order valence-electron chi connectivity index (χ1n) is 6.91. The molecular formula is C14H13F4N5O. The van der Waals surface area contributed by atoms with Crippen LogP contribution in [0.15, 0.2) is 34.2 Å². The number of aliphatic imine (C=N–C) groups is 1. The van der Waals surface area contributed by atoms with Crippen molar-refractivity contribution in [1.82, 2.24) is 9.13 Å². The van der Waals surface area contributed by atoms with Crippen LogP contribution in [0.4, 0.5) is 23.2 Å². The van der Waals surface area contributed by atoms with Crippen LogP contribution in [0.3, 0.4) is 0 Å². The maximum Gasteiger partial charge on any atom is 0.406 e. The molecule has 10 heteroatoms. The fourth-order valence-electron chi connectivity index (χ4n) is 2.65. The summed E-state index contributed by atoms with van der Waals surface area (Å²) >= 11 is 0. The quantitative estimate of drug-likeness (QED) is 0.638. The Morgan fingerprint density at radius 2 is 2.00 bits per heavy atom. The third kappa shape index (κ3) is 2.86. The van der Waals surface area contributed by atoms with E-state index in [1.54, 1.807) is 0 Å². The Morgan fingerprint density at radius 1 is 1.29 bits per heavy atom. The van der Waals surface area contributed by atoms with Gasteiger partial charge in [0, 0.05) is 17.4 Å². The van der Waals surface area contributed by atoms with Crippen molar-refractivity contribution in [1.29, 1.82) is 0 Å². The van der Waals surface area contributed by atoms with E-state index >= 15 is 0 Å². The minimum atomic E-state index is -4.55. The van der Waals surface area contributed by atoms with Gasteiger partial charge in [0.25, 0.3) is 0 Å². The number of hydrogen-bond donors (Lipinski definition) is 2. The Bertz CT molecular complexity index is 880. The third-order valence-corrected chi connectivity index (χ3v) is 3.69. The number of halogens is 4. The maximum absolute atomic E-state index is 14.0. The molecule has 0 radical (unpaired) electrons. The lowest BCUT2D eigenvalue weighted by Crippen LogP contribution is -2.34. The van der Waals surface area contributed by atoms with Gasteiger partial charge in [0.1, 0.15) is 23.9 Å². The van der Waals surface area contributed by atoms with E-state index in [2.05, 4.69) is 4.99 Å². The summed E-state index contributed by atoms with van der Waals surface area (Å²) in [5, 5.41) is 0. The number of hydrogen-bond acceptors (Lipinski definition) is 4. The van der Waals surface area contributed by atoms with Crippen molar-refractivity contribution in [3.05, 3.63) is 52.0 Å². The van der Waals surface area contributed by atoms with Crippen molar-refractivity contribution in [3.63, 3.8) is 0 Å². The standard InChI is InChI=1S/C14H13F4N5O/c15-9-2-1-7(19)3-8(9)10-4-23-11(12(20)21-10)5-22(13(23)24)6-14(16,17)18/h1-3,5,10H,4,6,19H2,(H2,20,21). The van der Waals surface area contributed by atoms with Crippen LogP contribution in [0, 0.1) is 5.82 Å². The number of nitrogens with zero attached hydrogens (tertiary/aromatic N) is 3. The smallest absolute Gasteiger partial charge is 0.399 e. The number of amidine groups is 1. The minimum Gasteiger partial charge on any atom is -0.399 e. The van der Waals surface area contributed by atoms with Crippen LogP contribution in [0.5, 0.6) is 0 Å². The number of nitrogen functional groups attached to an aromatic ring is 1. The number of aromatic nitrogens is 2. The zero-order valence-corrected chi connectivity index (χ0v) is 12.2. The van der Waals surface area contributed by atoms with Gasteiger partial charge in [0.2, 0.25) is 0 Å². The average molecular weight is 343 g/mol. The minimum absolute atomic E-state index is 0.0739. The Morgan fingerprint density at radius 3 is 2.67 bits per heavy atom. The largest absolute Gasteiger partial charge is 0.406 e. The summed E-state index contributed by atoms with van der Waals surface area (Å²) < 4.78 is 53.1. The first-order valence-corrected chi connectivity index (χ1v) is 6.91. The lowest BCUT2D eigenvalue weighted by Gasteiger charge is -2.21. The summed E-state index contributed by atoms with van der Waals surface area (Å²) in [7, 11) is 0.